The Bertz CT molecular complexity index is 746. The first-order valence-electron chi connectivity index (χ1n) is 10.4. The van der Waals surface area contributed by atoms with Crippen LogP contribution in [0.4, 0.5) is 10.7 Å². The van der Waals surface area contributed by atoms with Crippen molar-refractivity contribution in [2.24, 2.45) is 5.92 Å². The summed E-state index contributed by atoms with van der Waals surface area (Å²) in [5.41, 5.74) is 0.969. The van der Waals surface area contributed by atoms with Crippen LogP contribution in [0.2, 0.25) is 0 Å². The molecule has 1 aromatic rings. The number of hydrogen-bond donors (Lipinski definition) is 1. The third kappa shape index (κ3) is 3.52. The third-order valence-electron chi connectivity index (χ3n) is 6.21. The van der Waals surface area contributed by atoms with Crippen molar-refractivity contribution in [3.8, 4) is 0 Å². The average molecular weight is 387 g/mol. The predicted molar refractivity (Wildman–Crippen MR) is 106 cm³/mol. The molecular weight excluding hydrogens is 356 g/mol. The zero-order valence-corrected chi connectivity index (χ0v) is 17.0. The maximum absolute atomic E-state index is 12.7. The lowest BCUT2D eigenvalue weighted by molar-refractivity contribution is -0.136. The second kappa shape index (κ2) is 7.56. The SMILES string of the molecule is Cc1ccnc(N2CCC(N3C(=O)NC4CN(C(=O)C(C)C)CCC43)CC2)n1. The summed E-state index contributed by atoms with van der Waals surface area (Å²) >= 11 is 0. The largest absolute Gasteiger partial charge is 0.341 e. The summed E-state index contributed by atoms with van der Waals surface area (Å²) in [6.07, 6.45) is 4.49. The quantitative estimate of drug-likeness (QED) is 0.849. The molecule has 8 nitrogen and oxygen atoms in total. The van der Waals surface area contributed by atoms with Crippen LogP contribution in [-0.2, 0) is 4.79 Å². The number of carbonyl (C=O) groups excluding carboxylic acids is 2. The molecule has 0 spiro atoms. The lowest BCUT2D eigenvalue weighted by Gasteiger charge is -2.42. The van der Waals surface area contributed by atoms with Gasteiger partial charge < -0.3 is 20.0 Å². The minimum atomic E-state index is -0.00192. The Labute approximate surface area is 166 Å². The number of hydrogen-bond acceptors (Lipinski definition) is 5. The molecule has 8 heteroatoms. The van der Waals surface area contributed by atoms with E-state index in [1.807, 2.05) is 31.7 Å². The van der Waals surface area contributed by atoms with Crippen LogP contribution in [0.25, 0.3) is 0 Å². The fraction of sp³-hybridized carbons (Fsp3) is 0.700. The van der Waals surface area contributed by atoms with Gasteiger partial charge in [-0.05, 0) is 32.3 Å². The maximum atomic E-state index is 12.7. The molecule has 28 heavy (non-hydrogen) atoms. The number of piperidine rings is 2. The van der Waals surface area contributed by atoms with E-state index in [1.165, 1.54) is 0 Å². The summed E-state index contributed by atoms with van der Waals surface area (Å²) in [4.78, 5) is 40.1. The topological polar surface area (TPSA) is 81.7 Å². The lowest BCUT2D eigenvalue weighted by atomic mass is 9.95. The van der Waals surface area contributed by atoms with Gasteiger partial charge in [0.1, 0.15) is 0 Å². The molecule has 2 atom stereocenters. The Balaban J connectivity index is 1.38. The van der Waals surface area contributed by atoms with Gasteiger partial charge in [0.05, 0.1) is 12.1 Å². The van der Waals surface area contributed by atoms with Crippen LogP contribution in [0.3, 0.4) is 0 Å². The first-order valence-corrected chi connectivity index (χ1v) is 10.4. The van der Waals surface area contributed by atoms with Gasteiger partial charge >= 0.3 is 6.03 Å². The molecule has 152 valence electrons. The van der Waals surface area contributed by atoms with Gasteiger partial charge in [0.25, 0.3) is 0 Å². The molecule has 2 unspecified atom stereocenters. The number of nitrogens with one attached hydrogen (secondary N) is 1. The second-order valence-corrected chi connectivity index (χ2v) is 8.47. The second-order valence-electron chi connectivity index (χ2n) is 8.47. The van der Waals surface area contributed by atoms with Crippen molar-refractivity contribution in [1.82, 2.24) is 25.1 Å². The van der Waals surface area contributed by atoms with Crippen LogP contribution in [-0.4, -0.2) is 76.0 Å². The fourth-order valence-electron chi connectivity index (χ4n) is 4.73. The summed E-state index contributed by atoms with van der Waals surface area (Å²) in [5.74, 6) is 0.957. The number of anilines is 1. The molecule has 4 heterocycles. The molecule has 1 aromatic heterocycles. The van der Waals surface area contributed by atoms with E-state index in [-0.39, 0.29) is 36.0 Å². The Morgan fingerprint density at radius 3 is 2.64 bits per heavy atom. The number of fused-ring (bicyclic) bond motifs is 1. The van der Waals surface area contributed by atoms with Gasteiger partial charge in [0.2, 0.25) is 11.9 Å². The first kappa shape index (κ1) is 19.0. The van der Waals surface area contributed by atoms with Gasteiger partial charge in [0, 0.05) is 50.0 Å². The number of nitrogens with zero attached hydrogens (tertiary/aromatic N) is 5. The molecule has 0 saturated carbocycles. The molecule has 1 N–H and O–H groups in total. The highest BCUT2D eigenvalue weighted by Crippen LogP contribution is 2.30. The number of amides is 3. The van der Waals surface area contributed by atoms with Crippen LogP contribution < -0.4 is 10.2 Å². The van der Waals surface area contributed by atoms with Gasteiger partial charge in [-0.2, -0.15) is 0 Å². The Morgan fingerprint density at radius 2 is 1.96 bits per heavy atom. The highest BCUT2D eigenvalue weighted by Gasteiger charge is 2.46. The van der Waals surface area contributed by atoms with Crippen molar-refractivity contribution >= 4 is 17.9 Å². The molecule has 3 aliphatic rings. The number of urea groups is 1. The molecule has 3 fully saturated rings. The van der Waals surface area contributed by atoms with Crippen molar-refractivity contribution < 1.29 is 9.59 Å². The van der Waals surface area contributed by atoms with Crippen molar-refractivity contribution in [3.05, 3.63) is 18.0 Å². The van der Waals surface area contributed by atoms with Crippen LogP contribution in [0.1, 0.15) is 38.8 Å². The molecule has 3 saturated heterocycles. The highest BCUT2D eigenvalue weighted by molar-refractivity contribution is 5.80. The van der Waals surface area contributed by atoms with E-state index < -0.39 is 0 Å². The molecular formula is C20H30N6O2. The molecule has 0 aromatic carbocycles. The van der Waals surface area contributed by atoms with E-state index in [1.54, 1.807) is 6.20 Å². The average Bonchev–Trinajstić information content (AvgIpc) is 3.02. The summed E-state index contributed by atoms with van der Waals surface area (Å²) in [6.45, 7) is 8.91. The van der Waals surface area contributed by atoms with Crippen molar-refractivity contribution in [1.29, 1.82) is 0 Å². The van der Waals surface area contributed by atoms with Crippen LogP contribution in [0.15, 0.2) is 12.3 Å². The molecule has 4 rings (SSSR count). The summed E-state index contributed by atoms with van der Waals surface area (Å²) in [5, 5.41) is 3.13. The van der Waals surface area contributed by atoms with E-state index >= 15 is 0 Å². The number of likely N-dealkylation sites (tertiary alicyclic amines) is 1. The number of aryl methyl sites for hydroxylation is 1. The van der Waals surface area contributed by atoms with E-state index in [0.717, 1.165) is 50.5 Å². The predicted octanol–water partition coefficient (Wildman–Crippen LogP) is 1.40. The number of aromatic nitrogens is 2. The molecule has 0 aliphatic carbocycles. The Hall–Kier alpha value is -2.38. The van der Waals surface area contributed by atoms with Crippen LogP contribution in [0, 0.1) is 12.8 Å². The first-order chi connectivity index (χ1) is 13.4. The monoisotopic (exact) mass is 386 g/mol. The molecule has 3 aliphatic heterocycles. The Kier molecular flexibility index (Phi) is 5.12. The smallest absolute Gasteiger partial charge is 0.318 e. The minimum Gasteiger partial charge on any atom is -0.341 e. The maximum Gasteiger partial charge on any atom is 0.318 e. The number of rotatable bonds is 3. The van der Waals surface area contributed by atoms with Crippen molar-refractivity contribution in [2.75, 3.05) is 31.1 Å². The molecule has 3 amide bonds. The van der Waals surface area contributed by atoms with Gasteiger partial charge in [-0.3, -0.25) is 4.79 Å². The third-order valence-corrected chi connectivity index (χ3v) is 6.21. The lowest BCUT2D eigenvalue weighted by Crippen LogP contribution is -2.56. The van der Waals surface area contributed by atoms with Gasteiger partial charge in [-0.25, -0.2) is 14.8 Å². The zero-order chi connectivity index (χ0) is 19.8. The van der Waals surface area contributed by atoms with E-state index in [2.05, 4.69) is 25.1 Å². The van der Waals surface area contributed by atoms with Gasteiger partial charge in [-0.15, -0.1) is 0 Å². The summed E-state index contributed by atoms with van der Waals surface area (Å²) in [7, 11) is 0. The number of carbonyl (C=O) groups is 2. The normalized spacial score (nSPS) is 25.9. The van der Waals surface area contributed by atoms with E-state index in [0.29, 0.717) is 6.54 Å². The van der Waals surface area contributed by atoms with Crippen molar-refractivity contribution in [3.63, 3.8) is 0 Å². The molecule has 0 radical (unpaired) electrons. The van der Waals surface area contributed by atoms with Crippen LogP contribution >= 0.6 is 0 Å². The van der Waals surface area contributed by atoms with Crippen molar-refractivity contribution in [2.45, 2.75) is 58.2 Å². The zero-order valence-electron chi connectivity index (χ0n) is 17.0. The molecule has 0 bridgehead atoms. The Morgan fingerprint density at radius 1 is 1.21 bits per heavy atom. The van der Waals surface area contributed by atoms with Crippen LogP contribution in [0.5, 0.6) is 0 Å². The standard InChI is InChI=1S/C20H30N6O2/c1-13(2)18(27)25-11-7-17-16(12-25)23-20(28)26(17)15-5-9-24(10-6-15)19-21-8-4-14(3)22-19/h4,8,13,15-17H,5-7,9-12H2,1-3H3,(H,23,28). The van der Waals surface area contributed by atoms with E-state index in [4.69, 9.17) is 0 Å². The van der Waals surface area contributed by atoms with Gasteiger partial charge in [-0.1, -0.05) is 13.8 Å². The summed E-state index contributed by atoms with van der Waals surface area (Å²) in [6, 6.07) is 2.40. The minimum absolute atomic E-state index is 0.00192. The van der Waals surface area contributed by atoms with E-state index in [9.17, 15) is 9.59 Å². The van der Waals surface area contributed by atoms with Gasteiger partial charge in [0.15, 0.2) is 0 Å². The summed E-state index contributed by atoms with van der Waals surface area (Å²) < 4.78 is 0. The fourth-order valence-corrected chi connectivity index (χ4v) is 4.73. The highest BCUT2D eigenvalue weighted by atomic mass is 16.2.